The largest absolute Gasteiger partial charge is 0.489 e. The molecule has 0 unspecified atom stereocenters. The predicted octanol–water partition coefficient (Wildman–Crippen LogP) is 5.41. The maximum absolute atomic E-state index is 12.0. The van der Waals surface area contributed by atoms with Crippen LogP contribution in [0.3, 0.4) is 0 Å². The first kappa shape index (κ1) is 25.9. The SMILES string of the molecule is O=C(COc1ccc(OCc2ccccc2)cc1)N/N=C\c1ccc(OC(=O)/C=C/c2ccccc2)cc1. The Hall–Kier alpha value is -5.17. The molecule has 0 aromatic heterocycles. The van der Waals surface area contributed by atoms with Crippen molar-refractivity contribution >= 4 is 24.2 Å². The van der Waals surface area contributed by atoms with Crippen molar-refractivity contribution in [1.82, 2.24) is 5.43 Å². The first-order chi connectivity index (χ1) is 18.6. The summed E-state index contributed by atoms with van der Waals surface area (Å²) in [4.78, 5) is 24.0. The summed E-state index contributed by atoms with van der Waals surface area (Å²) in [5.41, 5.74) is 5.12. The smallest absolute Gasteiger partial charge is 0.336 e. The van der Waals surface area contributed by atoms with Gasteiger partial charge in [0, 0.05) is 6.08 Å². The van der Waals surface area contributed by atoms with Crippen molar-refractivity contribution in [2.24, 2.45) is 5.10 Å². The van der Waals surface area contributed by atoms with Gasteiger partial charge in [-0.25, -0.2) is 10.2 Å². The number of hydrogen-bond donors (Lipinski definition) is 1. The summed E-state index contributed by atoms with van der Waals surface area (Å²) in [6.07, 6.45) is 4.54. The summed E-state index contributed by atoms with van der Waals surface area (Å²) >= 11 is 0. The second-order valence-electron chi connectivity index (χ2n) is 8.06. The van der Waals surface area contributed by atoms with Gasteiger partial charge in [0.1, 0.15) is 23.9 Å². The summed E-state index contributed by atoms with van der Waals surface area (Å²) in [6.45, 7) is 0.286. The van der Waals surface area contributed by atoms with Crippen LogP contribution >= 0.6 is 0 Å². The van der Waals surface area contributed by atoms with Gasteiger partial charge in [0.05, 0.1) is 6.21 Å². The fraction of sp³-hybridized carbons (Fsp3) is 0.0645. The Morgan fingerprint density at radius 2 is 1.29 bits per heavy atom. The van der Waals surface area contributed by atoms with Gasteiger partial charge in [0.25, 0.3) is 5.91 Å². The van der Waals surface area contributed by atoms with Crippen molar-refractivity contribution < 1.29 is 23.8 Å². The highest BCUT2D eigenvalue weighted by Crippen LogP contribution is 2.18. The molecule has 0 aliphatic rings. The number of hydrazone groups is 1. The van der Waals surface area contributed by atoms with E-state index in [0.717, 1.165) is 16.7 Å². The number of carbonyl (C=O) groups is 2. The van der Waals surface area contributed by atoms with Gasteiger partial charge < -0.3 is 14.2 Å². The second-order valence-corrected chi connectivity index (χ2v) is 8.06. The van der Waals surface area contributed by atoms with Crippen LogP contribution in [0.4, 0.5) is 0 Å². The lowest BCUT2D eigenvalue weighted by molar-refractivity contribution is -0.129. The number of rotatable bonds is 11. The zero-order chi connectivity index (χ0) is 26.4. The van der Waals surface area contributed by atoms with Crippen LogP contribution in [0.5, 0.6) is 17.2 Å². The minimum absolute atomic E-state index is 0.188. The number of esters is 1. The lowest BCUT2D eigenvalue weighted by Gasteiger charge is -2.08. The van der Waals surface area contributed by atoms with Crippen LogP contribution in [0.2, 0.25) is 0 Å². The predicted molar refractivity (Wildman–Crippen MR) is 146 cm³/mol. The number of ether oxygens (including phenoxy) is 3. The molecule has 0 aliphatic heterocycles. The topological polar surface area (TPSA) is 86.2 Å². The number of carbonyl (C=O) groups excluding carboxylic acids is 2. The Kier molecular flexibility index (Phi) is 9.41. The minimum atomic E-state index is -0.475. The van der Waals surface area contributed by atoms with Crippen LogP contribution in [0.25, 0.3) is 6.08 Å². The van der Waals surface area contributed by atoms with Crippen molar-refractivity contribution in [1.29, 1.82) is 0 Å². The number of nitrogens with one attached hydrogen (secondary N) is 1. The van der Waals surface area contributed by atoms with E-state index in [9.17, 15) is 9.59 Å². The van der Waals surface area contributed by atoms with E-state index in [4.69, 9.17) is 14.2 Å². The number of hydrogen-bond acceptors (Lipinski definition) is 6. The molecule has 190 valence electrons. The van der Waals surface area contributed by atoms with E-state index in [2.05, 4.69) is 10.5 Å². The molecule has 1 amide bonds. The molecule has 38 heavy (non-hydrogen) atoms. The van der Waals surface area contributed by atoms with Crippen molar-refractivity contribution in [2.45, 2.75) is 6.61 Å². The molecule has 0 radical (unpaired) electrons. The van der Waals surface area contributed by atoms with Crippen LogP contribution in [-0.4, -0.2) is 24.7 Å². The molecule has 7 heteroatoms. The van der Waals surface area contributed by atoms with Crippen molar-refractivity contribution in [3.8, 4) is 17.2 Å². The van der Waals surface area contributed by atoms with Crippen LogP contribution in [0.1, 0.15) is 16.7 Å². The quantitative estimate of drug-likeness (QED) is 0.0966. The van der Waals surface area contributed by atoms with E-state index in [1.807, 2.05) is 60.7 Å². The molecular weight excluding hydrogens is 480 g/mol. The molecule has 4 aromatic rings. The normalized spacial score (nSPS) is 10.8. The zero-order valence-electron chi connectivity index (χ0n) is 20.5. The van der Waals surface area contributed by atoms with E-state index in [1.54, 1.807) is 54.6 Å². The first-order valence-corrected chi connectivity index (χ1v) is 11.9. The van der Waals surface area contributed by atoms with E-state index in [-0.39, 0.29) is 6.61 Å². The Morgan fingerprint density at radius 1 is 0.684 bits per heavy atom. The third-order valence-electron chi connectivity index (χ3n) is 5.15. The molecule has 0 atom stereocenters. The average Bonchev–Trinajstić information content (AvgIpc) is 2.96. The van der Waals surface area contributed by atoms with Crippen LogP contribution < -0.4 is 19.6 Å². The highest BCUT2D eigenvalue weighted by Gasteiger charge is 2.03. The van der Waals surface area contributed by atoms with Gasteiger partial charge in [-0.05, 0) is 71.3 Å². The molecule has 0 spiro atoms. The molecule has 7 nitrogen and oxygen atoms in total. The molecule has 0 saturated carbocycles. The number of benzene rings is 4. The van der Waals surface area contributed by atoms with E-state index in [0.29, 0.717) is 23.9 Å². The molecule has 0 saturated heterocycles. The zero-order valence-corrected chi connectivity index (χ0v) is 20.5. The Morgan fingerprint density at radius 3 is 1.97 bits per heavy atom. The Labute approximate surface area is 221 Å². The van der Waals surface area contributed by atoms with Gasteiger partial charge in [-0.1, -0.05) is 60.7 Å². The lowest BCUT2D eigenvalue weighted by atomic mass is 10.2. The van der Waals surface area contributed by atoms with Gasteiger partial charge in [-0.2, -0.15) is 5.10 Å². The summed E-state index contributed by atoms with van der Waals surface area (Å²) < 4.78 is 16.5. The number of nitrogens with zero attached hydrogens (tertiary/aromatic N) is 1. The Bertz CT molecular complexity index is 1370. The standard InChI is InChI=1S/C31H26N2O5/c34-30(23-37-28-18-16-27(17-19-28)36-22-26-9-5-2-6-10-26)33-32-21-25-11-14-29(15-12-25)38-31(35)20-13-24-7-3-1-4-8-24/h1-21H,22-23H2,(H,33,34)/b20-13+,32-21-. The van der Waals surface area contributed by atoms with E-state index < -0.39 is 11.9 Å². The fourth-order valence-electron chi connectivity index (χ4n) is 3.23. The molecule has 0 bridgehead atoms. The van der Waals surface area contributed by atoms with Gasteiger partial charge >= 0.3 is 5.97 Å². The summed E-state index contributed by atoms with van der Waals surface area (Å²) in [7, 11) is 0. The second kappa shape index (κ2) is 13.8. The van der Waals surface area contributed by atoms with Gasteiger partial charge in [0.2, 0.25) is 0 Å². The molecule has 4 rings (SSSR count). The van der Waals surface area contributed by atoms with Crippen LogP contribution in [-0.2, 0) is 16.2 Å². The molecular formula is C31H26N2O5. The van der Waals surface area contributed by atoms with Crippen molar-refractivity contribution in [2.75, 3.05) is 6.61 Å². The molecule has 4 aromatic carbocycles. The van der Waals surface area contributed by atoms with Crippen molar-refractivity contribution in [3.63, 3.8) is 0 Å². The van der Waals surface area contributed by atoms with Gasteiger partial charge in [-0.3, -0.25) is 4.79 Å². The number of amides is 1. The van der Waals surface area contributed by atoms with E-state index in [1.165, 1.54) is 12.3 Å². The summed E-state index contributed by atoms with van der Waals surface area (Å²) in [5.74, 6) is 0.775. The fourth-order valence-corrected chi connectivity index (χ4v) is 3.23. The first-order valence-electron chi connectivity index (χ1n) is 11.9. The third-order valence-corrected chi connectivity index (χ3v) is 5.15. The van der Waals surface area contributed by atoms with Crippen LogP contribution in [0, 0.1) is 0 Å². The third kappa shape index (κ3) is 8.80. The van der Waals surface area contributed by atoms with E-state index >= 15 is 0 Å². The average molecular weight is 507 g/mol. The summed E-state index contributed by atoms with van der Waals surface area (Å²) in [5, 5.41) is 3.93. The lowest BCUT2D eigenvalue weighted by Crippen LogP contribution is -2.24. The highest BCUT2D eigenvalue weighted by atomic mass is 16.5. The highest BCUT2D eigenvalue weighted by molar-refractivity contribution is 5.89. The maximum Gasteiger partial charge on any atom is 0.336 e. The monoisotopic (exact) mass is 506 g/mol. The van der Waals surface area contributed by atoms with Crippen LogP contribution in [0.15, 0.2) is 120 Å². The van der Waals surface area contributed by atoms with Crippen molar-refractivity contribution in [3.05, 3.63) is 132 Å². The maximum atomic E-state index is 12.0. The molecule has 0 fully saturated rings. The minimum Gasteiger partial charge on any atom is -0.489 e. The molecule has 0 heterocycles. The molecule has 1 N–H and O–H groups in total. The Balaban J connectivity index is 1.15. The van der Waals surface area contributed by atoms with Gasteiger partial charge in [0.15, 0.2) is 6.61 Å². The molecule has 0 aliphatic carbocycles. The van der Waals surface area contributed by atoms with Gasteiger partial charge in [-0.15, -0.1) is 0 Å². The summed E-state index contributed by atoms with van der Waals surface area (Å²) in [6, 6.07) is 33.1.